The predicted molar refractivity (Wildman–Crippen MR) is 252 cm³/mol. The summed E-state index contributed by atoms with van der Waals surface area (Å²) in [4.78, 5) is 36.6. The highest BCUT2D eigenvalue weighted by atomic mass is 31.2. The van der Waals surface area contributed by atoms with Gasteiger partial charge in [0.15, 0.2) is 28.9 Å². The topological polar surface area (TPSA) is 176 Å². The molecule has 1 aliphatic rings. The number of aryl methyl sites for hydroxylation is 1. The number of halogens is 1. The molecular formula is C48H87FN5O9P. The SMILES string of the molecule is CCCCCCCCCCCCCCCCOCC(COP(=O)(O)OC[C@H]1O[C@@H](n2cnc3c(NC)nc(C)nc32)[C@](C)(F)[C@@H]1O)OC(=O)CCCCCCCCCCCCCCC. The molecule has 1 fully saturated rings. The molecule has 0 bridgehead atoms. The number of alkyl halides is 1. The van der Waals surface area contributed by atoms with Crippen LogP contribution in [0.15, 0.2) is 6.33 Å². The molecule has 1 saturated heterocycles. The Morgan fingerprint density at radius 1 is 0.812 bits per heavy atom. The van der Waals surface area contributed by atoms with Crippen molar-refractivity contribution in [1.82, 2.24) is 19.5 Å². The Morgan fingerprint density at radius 2 is 1.31 bits per heavy atom. The monoisotopic (exact) mass is 928 g/mol. The largest absolute Gasteiger partial charge is 0.472 e. The van der Waals surface area contributed by atoms with Crippen LogP contribution in [-0.2, 0) is 32.6 Å². The van der Waals surface area contributed by atoms with Crippen molar-refractivity contribution in [3.8, 4) is 0 Å². The number of fused-ring (bicyclic) bond motifs is 1. The molecule has 2 aromatic heterocycles. The van der Waals surface area contributed by atoms with Crippen molar-refractivity contribution in [2.45, 2.75) is 238 Å². The lowest BCUT2D eigenvalue weighted by atomic mass is 9.98. The lowest BCUT2D eigenvalue weighted by molar-refractivity contribution is -0.154. The van der Waals surface area contributed by atoms with Crippen LogP contribution in [0.1, 0.15) is 213 Å². The quantitative estimate of drug-likeness (QED) is 0.0327. The minimum Gasteiger partial charge on any atom is -0.457 e. The highest BCUT2D eigenvalue weighted by molar-refractivity contribution is 7.47. The first-order chi connectivity index (χ1) is 30.9. The summed E-state index contributed by atoms with van der Waals surface area (Å²) in [6.07, 6.45) is 29.3. The average molecular weight is 928 g/mol. The van der Waals surface area contributed by atoms with Crippen molar-refractivity contribution in [2.75, 3.05) is 38.8 Å². The van der Waals surface area contributed by atoms with Crippen molar-refractivity contribution in [3.63, 3.8) is 0 Å². The van der Waals surface area contributed by atoms with E-state index in [0.29, 0.717) is 30.2 Å². The van der Waals surface area contributed by atoms with Crippen LogP contribution in [0.2, 0.25) is 0 Å². The number of aliphatic hydroxyl groups excluding tert-OH is 1. The van der Waals surface area contributed by atoms with E-state index >= 15 is 4.39 Å². The van der Waals surface area contributed by atoms with Crippen LogP contribution in [-0.4, -0.2) is 92.9 Å². The molecule has 370 valence electrons. The summed E-state index contributed by atoms with van der Waals surface area (Å²) in [6, 6.07) is 0. The van der Waals surface area contributed by atoms with E-state index in [1.807, 2.05) is 0 Å². The van der Waals surface area contributed by atoms with Crippen LogP contribution in [0.5, 0.6) is 0 Å². The summed E-state index contributed by atoms with van der Waals surface area (Å²) < 4.78 is 58.6. The maximum atomic E-state index is 16.1. The number of hydrogen-bond donors (Lipinski definition) is 3. The molecule has 3 N–H and O–H groups in total. The number of unbranched alkanes of at least 4 members (excludes halogenated alkanes) is 25. The number of ether oxygens (including phenoxy) is 3. The first kappa shape index (κ1) is 56.1. The third kappa shape index (κ3) is 21.6. The number of nitrogens with zero attached hydrogens (tertiary/aromatic N) is 4. The van der Waals surface area contributed by atoms with E-state index in [4.69, 9.17) is 23.3 Å². The van der Waals surface area contributed by atoms with E-state index in [1.54, 1.807) is 14.0 Å². The van der Waals surface area contributed by atoms with Crippen LogP contribution in [0, 0.1) is 6.92 Å². The Hall–Kier alpha value is -2.26. The van der Waals surface area contributed by atoms with Crippen LogP contribution in [0.3, 0.4) is 0 Å². The molecule has 0 spiro atoms. The van der Waals surface area contributed by atoms with Gasteiger partial charge in [0.05, 0.1) is 26.1 Å². The smallest absolute Gasteiger partial charge is 0.457 e. The third-order valence-corrected chi connectivity index (χ3v) is 13.2. The van der Waals surface area contributed by atoms with Crippen molar-refractivity contribution in [3.05, 3.63) is 12.2 Å². The highest BCUT2D eigenvalue weighted by Gasteiger charge is 2.56. The Labute approximate surface area is 384 Å². The zero-order chi connectivity index (χ0) is 46.5. The van der Waals surface area contributed by atoms with Crippen LogP contribution in [0.4, 0.5) is 10.2 Å². The number of aliphatic hydroxyl groups is 1. The maximum Gasteiger partial charge on any atom is 0.472 e. The van der Waals surface area contributed by atoms with E-state index in [0.717, 1.165) is 38.5 Å². The first-order valence-electron chi connectivity index (χ1n) is 25.2. The van der Waals surface area contributed by atoms with Gasteiger partial charge in [-0.3, -0.25) is 18.4 Å². The Balaban J connectivity index is 1.42. The molecule has 2 aromatic rings. The fourth-order valence-electron chi connectivity index (χ4n) is 8.37. The molecule has 3 rings (SSSR count). The second-order valence-electron chi connectivity index (χ2n) is 18.2. The van der Waals surface area contributed by atoms with E-state index in [1.165, 1.54) is 146 Å². The van der Waals surface area contributed by atoms with Gasteiger partial charge in [0, 0.05) is 20.1 Å². The van der Waals surface area contributed by atoms with Gasteiger partial charge < -0.3 is 29.5 Å². The van der Waals surface area contributed by atoms with Gasteiger partial charge in [-0.25, -0.2) is 23.9 Å². The highest BCUT2D eigenvalue weighted by Crippen LogP contribution is 2.47. The molecule has 2 unspecified atom stereocenters. The second-order valence-corrected chi connectivity index (χ2v) is 19.6. The summed E-state index contributed by atoms with van der Waals surface area (Å²) in [6.45, 7) is 6.70. The molecule has 6 atom stereocenters. The Bertz CT molecular complexity index is 1590. The van der Waals surface area contributed by atoms with E-state index in [9.17, 15) is 19.4 Å². The Kier molecular flexibility index (Phi) is 28.4. The predicted octanol–water partition coefficient (Wildman–Crippen LogP) is 12.2. The minimum atomic E-state index is -4.78. The van der Waals surface area contributed by atoms with Crippen molar-refractivity contribution in [1.29, 1.82) is 0 Å². The summed E-state index contributed by atoms with van der Waals surface area (Å²) in [5.74, 6) is 0.442. The van der Waals surface area contributed by atoms with Gasteiger partial charge in [-0.05, 0) is 26.7 Å². The van der Waals surface area contributed by atoms with Crippen LogP contribution in [0.25, 0.3) is 11.2 Å². The van der Waals surface area contributed by atoms with Gasteiger partial charge in [0.25, 0.3) is 0 Å². The Morgan fingerprint density at radius 3 is 1.83 bits per heavy atom. The average Bonchev–Trinajstić information content (AvgIpc) is 3.78. The van der Waals surface area contributed by atoms with Gasteiger partial charge in [0.2, 0.25) is 0 Å². The number of carbonyl (C=O) groups excluding carboxylic acids is 1. The van der Waals surface area contributed by atoms with Crippen LogP contribution >= 0.6 is 7.82 Å². The zero-order valence-electron chi connectivity index (χ0n) is 40.4. The lowest BCUT2D eigenvalue weighted by Crippen LogP contribution is -2.40. The number of esters is 1. The number of phosphoric ester groups is 1. The lowest BCUT2D eigenvalue weighted by Gasteiger charge is -2.24. The number of anilines is 1. The van der Waals surface area contributed by atoms with Crippen molar-refractivity contribution >= 4 is 30.8 Å². The number of phosphoric acid groups is 1. The number of aromatic nitrogens is 4. The first-order valence-corrected chi connectivity index (χ1v) is 26.7. The van der Waals surface area contributed by atoms with Gasteiger partial charge in [0.1, 0.15) is 24.1 Å². The summed E-state index contributed by atoms with van der Waals surface area (Å²) in [5, 5.41) is 13.9. The summed E-state index contributed by atoms with van der Waals surface area (Å²) >= 11 is 0. The number of hydrogen-bond acceptors (Lipinski definition) is 12. The second kappa shape index (κ2) is 32.4. The molecule has 16 heteroatoms. The molecule has 0 amide bonds. The maximum absolute atomic E-state index is 16.1. The zero-order valence-corrected chi connectivity index (χ0v) is 41.3. The minimum absolute atomic E-state index is 0.00766. The fourth-order valence-corrected chi connectivity index (χ4v) is 9.13. The van der Waals surface area contributed by atoms with Gasteiger partial charge >= 0.3 is 13.8 Å². The number of rotatable bonds is 40. The number of nitrogens with one attached hydrogen (secondary N) is 1. The molecule has 14 nitrogen and oxygen atoms in total. The van der Waals surface area contributed by atoms with E-state index in [2.05, 4.69) is 34.1 Å². The number of carbonyl (C=O) groups is 1. The van der Waals surface area contributed by atoms with Gasteiger partial charge in [-0.15, -0.1) is 0 Å². The van der Waals surface area contributed by atoms with E-state index in [-0.39, 0.29) is 18.7 Å². The summed E-state index contributed by atoms with van der Waals surface area (Å²) in [5.41, 5.74) is -1.67. The molecule has 0 aliphatic carbocycles. The molecule has 64 heavy (non-hydrogen) atoms. The fraction of sp³-hybridized carbons (Fsp3) is 0.875. The molecule has 0 aromatic carbocycles. The molecule has 0 radical (unpaired) electrons. The molecular weight excluding hydrogens is 841 g/mol. The van der Waals surface area contributed by atoms with Crippen molar-refractivity contribution in [2.24, 2.45) is 0 Å². The number of imidazole rings is 1. The standard InChI is InChI=1S/C48H87FN5O9P/c1-6-8-10-12-14-16-18-20-22-24-26-28-30-32-34-59-35-40(62-42(55)33-31-29-27-25-23-21-19-17-15-13-11-9-7-2)36-60-64(57,58)61-37-41-44(56)48(4,49)47(63-41)54-38-51-43-45(50-5)52-39(3)53-46(43)54/h38,40-41,44,47,56H,6-37H2,1-5H3,(H,57,58)(H,50,52,53)/t40?,41-,44-,47-,48-/m1/s1. The molecule has 1 aliphatic heterocycles. The normalized spacial score (nSPS) is 20.2. The summed E-state index contributed by atoms with van der Waals surface area (Å²) in [7, 11) is -3.10. The van der Waals surface area contributed by atoms with E-state index < -0.39 is 57.2 Å². The van der Waals surface area contributed by atoms with Crippen LogP contribution < -0.4 is 5.32 Å². The van der Waals surface area contributed by atoms with Gasteiger partial charge in [-0.2, -0.15) is 0 Å². The third-order valence-electron chi connectivity index (χ3n) is 12.3. The molecule has 0 saturated carbocycles. The van der Waals surface area contributed by atoms with Gasteiger partial charge in [-0.1, -0.05) is 174 Å². The molecule has 3 heterocycles. The van der Waals surface area contributed by atoms with Crippen molar-refractivity contribution < 1.29 is 47.0 Å².